The molecule has 1 aliphatic rings. The van der Waals surface area contributed by atoms with E-state index in [1.54, 1.807) is 6.20 Å². The standard InChI is InChI=1S/C16H25N3O/c1-3-6-13-8-11-19(12-13)16(20)14-7-5-10-18-15(14)17-9-4-2/h5,7,10,13H,3-4,6,8-9,11-12H2,1-2H3,(H,17,18). The largest absolute Gasteiger partial charge is 0.369 e. The minimum atomic E-state index is 0.121. The van der Waals surface area contributed by atoms with Crippen LogP contribution in [-0.2, 0) is 0 Å². The smallest absolute Gasteiger partial charge is 0.257 e. The number of hydrogen-bond acceptors (Lipinski definition) is 3. The summed E-state index contributed by atoms with van der Waals surface area (Å²) in [5, 5.41) is 3.25. The van der Waals surface area contributed by atoms with Gasteiger partial charge in [-0.3, -0.25) is 4.79 Å². The average molecular weight is 275 g/mol. The summed E-state index contributed by atoms with van der Waals surface area (Å²) in [6.07, 6.45) is 6.31. The Bertz CT molecular complexity index is 447. The summed E-state index contributed by atoms with van der Waals surface area (Å²) in [5.41, 5.74) is 0.707. The Kier molecular flexibility index (Phi) is 5.39. The number of hydrogen-bond donors (Lipinski definition) is 1. The normalized spacial score (nSPS) is 18.3. The molecular formula is C16H25N3O. The van der Waals surface area contributed by atoms with Gasteiger partial charge in [0.25, 0.3) is 5.91 Å². The van der Waals surface area contributed by atoms with E-state index in [1.807, 2.05) is 17.0 Å². The van der Waals surface area contributed by atoms with Crippen LogP contribution in [0.2, 0.25) is 0 Å². The van der Waals surface area contributed by atoms with Crippen LogP contribution in [0.15, 0.2) is 18.3 Å². The number of nitrogens with one attached hydrogen (secondary N) is 1. The van der Waals surface area contributed by atoms with Crippen LogP contribution < -0.4 is 5.32 Å². The lowest BCUT2D eigenvalue weighted by molar-refractivity contribution is 0.0787. The van der Waals surface area contributed by atoms with Crippen LogP contribution in [0.25, 0.3) is 0 Å². The van der Waals surface area contributed by atoms with Gasteiger partial charge in [0.05, 0.1) is 5.56 Å². The molecule has 2 heterocycles. The van der Waals surface area contributed by atoms with Crippen LogP contribution in [0, 0.1) is 5.92 Å². The fourth-order valence-electron chi connectivity index (χ4n) is 2.79. The van der Waals surface area contributed by atoms with Crippen molar-refractivity contribution < 1.29 is 4.79 Å². The number of carbonyl (C=O) groups is 1. The maximum Gasteiger partial charge on any atom is 0.257 e. The van der Waals surface area contributed by atoms with E-state index in [4.69, 9.17) is 0 Å². The Labute approximate surface area is 121 Å². The molecule has 1 amide bonds. The highest BCUT2D eigenvalue weighted by Gasteiger charge is 2.27. The van der Waals surface area contributed by atoms with E-state index in [0.29, 0.717) is 11.5 Å². The molecule has 1 aromatic rings. The molecule has 2 rings (SSSR count). The van der Waals surface area contributed by atoms with Gasteiger partial charge in [-0.05, 0) is 37.3 Å². The first-order chi connectivity index (χ1) is 9.76. The Hall–Kier alpha value is -1.58. The second-order valence-corrected chi connectivity index (χ2v) is 5.52. The molecule has 0 spiro atoms. The predicted molar refractivity (Wildman–Crippen MR) is 81.9 cm³/mol. The molecule has 0 radical (unpaired) electrons. The molecule has 1 aliphatic heterocycles. The van der Waals surface area contributed by atoms with Crippen LogP contribution in [-0.4, -0.2) is 35.4 Å². The summed E-state index contributed by atoms with van der Waals surface area (Å²) >= 11 is 0. The molecule has 0 saturated carbocycles. The molecule has 1 atom stereocenters. The summed E-state index contributed by atoms with van der Waals surface area (Å²) in [5.74, 6) is 1.52. The first kappa shape index (κ1) is 14.8. The van der Waals surface area contributed by atoms with Gasteiger partial charge in [-0.2, -0.15) is 0 Å². The highest BCUT2D eigenvalue weighted by molar-refractivity contribution is 5.98. The van der Waals surface area contributed by atoms with Gasteiger partial charge in [-0.1, -0.05) is 20.3 Å². The highest BCUT2D eigenvalue weighted by Crippen LogP contribution is 2.24. The lowest BCUT2D eigenvalue weighted by Crippen LogP contribution is -2.29. The fourth-order valence-corrected chi connectivity index (χ4v) is 2.79. The van der Waals surface area contributed by atoms with Gasteiger partial charge in [-0.15, -0.1) is 0 Å². The van der Waals surface area contributed by atoms with Gasteiger partial charge < -0.3 is 10.2 Å². The SMILES string of the molecule is CCCNc1ncccc1C(=O)N1CCC(CCC)C1. The van der Waals surface area contributed by atoms with Crippen LogP contribution in [0.4, 0.5) is 5.82 Å². The Morgan fingerprint density at radius 2 is 2.30 bits per heavy atom. The number of amides is 1. The number of nitrogens with zero attached hydrogens (tertiary/aromatic N) is 2. The third kappa shape index (κ3) is 3.50. The van der Waals surface area contributed by atoms with E-state index in [2.05, 4.69) is 24.1 Å². The summed E-state index contributed by atoms with van der Waals surface area (Å²) in [7, 11) is 0. The van der Waals surface area contributed by atoms with Crippen LogP contribution in [0.5, 0.6) is 0 Å². The maximum atomic E-state index is 12.6. The molecule has 4 heteroatoms. The summed E-state index contributed by atoms with van der Waals surface area (Å²) in [6, 6.07) is 3.71. The molecular weight excluding hydrogens is 250 g/mol. The Balaban J connectivity index is 2.05. The lowest BCUT2D eigenvalue weighted by Gasteiger charge is -2.18. The first-order valence-corrected chi connectivity index (χ1v) is 7.74. The van der Waals surface area contributed by atoms with E-state index >= 15 is 0 Å². The van der Waals surface area contributed by atoms with Gasteiger partial charge in [0.1, 0.15) is 5.82 Å². The number of aromatic nitrogens is 1. The quantitative estimate of drug-likeness (QED) is 0.867. The van der Waals surface area contributed by atoms with Crippen molar-refractivity contribution in [1.29, 1.82) is 0 Å². The molecule has 1 fully saturated rings. The molecule has 1 saturated heterocycles. The molecule has 0 aliphatic carbocycles. The monoisotopic (exact) mass is 275 g/mol. The molecule has 1 N–H and O–H groups in total. The summed E-state index contributed by atoms with van der Waals surface area (Å²) in [6.45, 7) is 6.93. The minimum absolute atomic E-state index is 0.121. The molecule has 1 aromatic heterocycles. The fraction of sp³-hybridized carbons (Fsp3) is 0.625. The van der Waals surface area contributed by atoms with Crippen molar-refractivity contribution in [3.8, 4) is 0 Å². The van der Waals surface area contributed by atoms with Gasteiger partial charge >= 0.3 is 0 Å². The van der Waals surface area contributed by atoms with Crippen molar-refractivity contribution in [3.63, 3.8) is 0 Å². The van der Waals surface area contributed by atoms with Crippen molar-refractivity contribution in [2.24, 2.45) is 5.92 Å². The minimum Gasteiger partial charge on any atom is -0.369 e. The average Bonchev–Trinajstić information content (AvgIpc) is 2.94. The molecule has 1 unspecified atom stereocenters. The van der Waals surface area contributed by atoms with E-state index in [1.165, 1.54) is 12.8 Å². The predicted octanol–water partition coefficient (Wildman–Crippen LogP) is 3.17. The first-order valence-electron chi connectivity index (χ1n) is 7.74. The van der Waals surface area contributed by atoms with Crippen LogP contribution in [0.1, 0.15) is 49.9 Å². The van der Waals surface area contributed by atoms with Crippen molar-refractivity contribution in [2.75, 3.05) is 25.0 Å². The number of pyridine rings is 1. The topological polar surface area (TPSA) is 45.2 Å². The second-order valence-electron chi connectivity index (χ2n) is 5.52. The molecule has 0 bridgehead atoms. The van der Waals surface area contributed by atoms with E-state index in [0.717, 1.165) is 38.3 Å². The van der Waals surface area contributed by atoms with Crippen LogP contribution in [0.3, 0.4) is 0 Å². The second kappa shape index (κ2) is 7.27. The van der Waals surface area contributed by atoms with Crippen molar-refractivity contribution in [3.05, 3.63) is 23.9 Å². The molecule has 20 heavy (non-hydrogen) atoms. The maximum absolute atomic E-state index is 12.6. The number of likely N-dealkylation sites (tertiary alicyclic amines) is 1. The Morgan fingerprint density at radius 1 is 1.45 bits per heavy atom. The summed E-state index contributed by atoms with van der Waals surface area (Å²) in [4.78, 5) is 18.9. The zero-order chi connectivity index (χ0) is 14.4. The van der Waals surface area contributed by atoms with Gasteiger partial charge in [0.2, 0.25) is 0 Å². The van der Waals surface area contributed by atoms with Crippen molar-refractivity contribution >= 4 is 11.7 Å². The number of anilines is 1. The lowest BCUT2D eigenvalue weighted by atomic mass is 10.0. The highest BCUT2D eigenvalue weighted by atomic mass is 16.2. The molecule has 110 valence electrons. The zero-order valence-corrected chi connectivity index (χ0v) is 12.6. The summed E-state index contributed by atoms with van der Waals surface area (Å²) < 4.78 is 0. The molecule has 4 nitrogen and oxygen atoms in total. The number of rotatable bonds is 6. The van der Waals surface area contributed by atoms with Gasteiger partial charge in [0.15, 0.2) is 0 Å². The number of carbonyl (C=O) groups excluding carboxylic acids is 1. The van der Waals surface area contributed by atoms with E-state index < -0.39 is 0 Å². The Morgan fingerprint density at radius 3 is 3.05 bits per heavy atom. The van der Waals surface area contributed by atoms with E-state index in [-0.39, 0.29) is 5.91 Å². The van der Waals surface area contributed by atoms with E-state index in [9.17, 15) is 4.79 Å². The third-order valence-corrected chi connectivity index (χ3v) is 3.85. The van der Waals surface area contributed by atoms with Crippen molar-refractivity contribution in [1.82, 2.24) is 9.88 Å². The van der Waals surface area contributed by atoms with Gasteiger partial charge in [0, 0.05) is 25.8 Å². The van der Waals surface area contributed by atoms with Crippen molar-refractivity contribution in [2.45, 2.75) is 39.5 Å². The van der Waals surface area contributed by atoms with Gasteiger partial charge in [-0.25, -0.2) is 4.98 Å². The third-order valence-electron chi connectivity index (χ3n) is 3.85. The zero-order valence-electron chi connectivity index (χ0n) is 12.6. The molecule has 0 aromatic carbocycles. The van der Waals surface area contributed by atoms with Crippen LogP contribution >= 0.6 is 0 Å².